The molecular formula is C14H14N2O. The zero-order valence-electron chi connectivity index (χ0n) is 10.2. The smallest absolute Gasteiger partial charge is 0.213 e. The molecule has 0 radical (unpaired) electrons. The van der Waals surface area contributed by atoms with Crippen molar-refractivity contribution in [2.24, 2.45) is 0 Å². The van der Waals surface area contributed by atoms with Crippen LogP contribution in [0.25, 0.3) is 0 Å². The first kappa shape index (κ1) is 11.5. The maximum absolute atomic E-state index is 12.2. The van der Waals surface area contributed by atoms with Crippen molar-refractivity contribution in [3.8, 4) is 0 Å². The summed E-state index contributed by atoms with van der Waals surface area (Å²) < 4.78 is 0. The molecule has 0 aromatic carbocycles. The fraction of sp³-hybridized carbons (Fsp3) is 0.214. The molecule has 0 N–H and O–H groups in total. The van der Waals surface area contributed by atoms with Gasteiger partial charge in [0.2, 0.25) is 5.78 Å². The molecule has 0 unspecified atom stereocenters. The first-order valence-electron chi connectivity index (χ1n) is 5.48. The Balaban J connectivity index is 2.40. The van der Waals surface area contributed by atoms with Crippen molar-refractivity contribution in [2.75, 3.05) is 0 Å². The van der Waals surface area contributed by atoms with Crippen molar-refractivity contribution in [2.45, 2.75) is 20.8 Å². The van der Waals surface area contributed by atoms with Crippen LogP contribution in [0.1, 0.15) is 32.9 Å². The van der Waals surface area contributed by atoms with Crippen molar-refractivity contribution < 1.29 is 4.79 Å². The quantitative estimate of drug-likeness (QED) is 0.739. The largest absolute Gasteiger partial charge is 0.287 e. The van der Waals surface area contributed by atoms with Gasteiger partial charge in [-0.25, -0.2) is 0 Å². The Morgan fingerprint density at radius 1 is 1.06 bits per heavy atom. The van der Waals surface area contributed by atoms with E-state index in [1.54, 1.807) is 18.5 Å². The van der Waals surface area contributed by atoms with Gasteiger partial charge in [0.15, 0.2) is 0 Å². The summed E-state index contributed by atoms with van der Waals surface area (Å²) in [7, 11) is 0. The minimum atomic E-state index is -0.0741. The summed E-state index contributed by atoms with van der Waals surface area (Å²) in [5.74, 6) is -0.0741. The van der Waals surface area contributed by atoms with Gasteiger partial charge in [0, 0.05) is 23.7 Å². The molecule has 3 nitrogen and oxygen atoms in total. The van der Waals surface area contributed by atoms with Gasteiger partial charge in [-0.1, -0.05) is 6.07 Å². The average molecular weight is 226 g/mol. The van der Waals surface area contributed by atoms with Crippen molar-refractivity contribution in [3.63, 3.8) is 0 Å². The van der Waals surface area contributed by atoms with Crippen molar-refractivity contribution in [1.29, 1.82) is 0 Å². The molecule has 17 heavy (non-hydrogen) atoms. The van der Waals surface area contributed by atoms with E-state index in [1.807, 2.05) is 32.9 Å². The number of aromatic nitrogens is 2. The maximum Gasteiger partial charge on any atom is 0.213 e. The Kier molecular flexibility index (Phi) is 3.00. The molecule has 2 rings (SSSR count). The summed E-state index contributed by atoms with van der Waals surface area (Å²) in [5.41, 5.74) is 3.93. The fourth-order valence-electron chi connectivity index (χ4n) is 1.69. The van der Waals surface area contributed by atoms with Crippen molar-refractivity contribution in [3.05, 3.63) is 58.7 Å². The number of pyridine rings is 2. The van der Waals surface area contributed by atoms with Crippen LogP contribution in [-0.2, 0) is 0 Å². The van der Waals surface area contributed by atoms with Crippen molar-refractivity contribution >= 4 is 5.78 Å². The lowest BCUT2D eigenvalue weighted by atomic mass is 10.0. The van der Waals surface area contributed by atoms with Gasteiger partial charge in [-0.2, -0.15) is 0 Å². The van der Waals surface area contributed by atoms with Crippen LogP contribution >= 0.6 is 0 Å². The lowest BCUT2D eigenvalue weighted by molar-refractivity contribution is 0.103. The molecule has 3 heteroatoms. The second-order valence-corrected chi connectivity index (χ2v) is 4.20. The Labute approximate surface area is 101 Å². The van der Waals surface area contributed by atoms with E-state index >= 15 is 0 Å². The lowest BCUT2D eigenvalue weighted by Crippen LogP contribution is -2.07. The highest BCUT2D eigenvalue weighted by atomic mass is 16.1. The van der Waals surface area contributed by atoms with Gasteiger partial charge in [-0.3, -0.25) is 14.8 Å². The van der Waals surface area contributed by atoms with Crippen LogP contribution < -0.4 is 0 Å². The number of aryl methyl sites for hydroxylation is 3. The second kappa shape index (κ2) is 4.45. The molecule has 0 bridgehead atoms. The predicted octanol–water partition coefficient (Wildman–Crippen LogP) is 2.63. The van der Waals surface area contributed by atoms with E-state index in [9.17, 15) is 4.79 Å². The highest BCUT2D eigenvalue weighted by Gasteiger charge is 2.13. The van der Waals surface area contributed by atoms with E-state index < -0.39 is 0 Å². The summed E-state index contributed by atoms with van der Waals surface area (Å²) in [6.07, 6.45) is 3.31. The first-order valence-corrected chi connectivity index (χ1v) is 5.48. The summed E-state index contributed by atoms with van der Waals surface area (Å²) in [6, 6.07) is 5.57. The molecule has 0 atom stereocenters. The minimum absolute atomic E-state index is 0.0741. The molecule has 2 aromatic heterocycles. The highest BCUT2D eigenvalue weighted by molar-refractivity contribution is 6.08. The molecule has 0 aliphatic carbocycles. The van der Waals surface area contributed by atoms with Crippen LogP contribution in [0.3, 0.4) is 0 Å². The molecule has 86 valence electrons. The monoisotopic (exact) mass is 226 g/mol. The molecule has 0 saturated carbocycles. The van der Waals surface area contributed by atoms with Crippen LogP contribution in [0.2, 0.25) is 0 Å². The number of nitrogens with zero attached hydrogens (tertiary/aromatic N) is 2. The number of hydrogen-bond donors (Lipinski definition) is 0. The molecule has 0 amide bonds. The topological polar surface area (TPSA) is 42.9 Å². The van der Waals surface area contributed by atoms with Gasteiger partial charge in [0.1, 0.15) is 5.69 Å². The summed E-state index contributed by atoms with van der Waals surface area (Å²) >= 11 is 0. The van der Waals surface area contributed by atoms with Gasteiger partial charge in [0.05, 0.1) is 0 Å². The number of hydrogen-bond acceptors (Lipinski definition) is 3. The zero-order chi connectivity index (χ0) is 12.4. The van der Waals surface area contributed by atoms with Gasteiger partial charge in [0.25, 0.3) is 0 Å². The summed E-state index contributed by atoms with van der Waals surface area (Å²) in [6.45, 7) is 5.75. The number of rotatable bonds is 2. The number of ketones is 1. The third-order valence-corrected chi connectivity index (χ3v) is 2.60. The molecule has 0 aliphatic heterocycles. The summed E-state index contributed by atoms with van der Waals surface area (Å²) in [4.78, 5) is 20.5. The van der Waals surface area contributed by atoms with Gasteiger partial charge in [-0.15, -0.1) is 0 Å². The molecule has 2 aromatic rings. The predicted molar refractivity (Wildman–Crippen MR) is 66.1 cm³/mol. The van der Waals surface area contributed by atoms with Crippen LogP contribution in [0.4, 0.5) is 0 Å². The molecule has 0 aliphatic rings. The fourth-order valence-corrected chi connectivity index (χ4v) is 1.69. The van der Waals surface area contributed by atoms with Crippen LogP contribution in [0.15, 0.2) is 30.6 Å². The Morgan fingerprint density at radius 2 is 1.82 bits per heavy atom. The van der Waals surface area contributed by atoms with Crippen molar-refractivity contribution in [1.82, 2.24) is 9.97 Å². The van der Waals surface area contributed by atoms with Crippen LogP contribution in [0, 0.1) is 20.8 Å². The average Bonchev–Trinajstić information content (AvgIpc) is 2.29. The Bertz CT molecular complexity index is 559. The van der Waals surface area contributed by atoms with E-state index in [2.05, 4.69) is 9.97 Å². The standard InChI is InChI=1S/C14H14N2O/c1-9-6-10(2)13(16-7-9)14(17)12-5-4-11(3)15-8-12/h4-8H,1-3H3. The molecule has 0 fully saturated rings. The second-order valence-electron chi connectivity index (χ2n) is 4.20. The van der Waals surface area contributed by atoms with E-state index in [0.29, 0.717) is 11.3 Å². The SMILES string of the molecule is Cc1cnc(C(=O)c2ccc(C)nc2)c(C)c1. The zero-order valence-corrected chi connectivity index (χ0v) is 10.2. The van der Waals surface area contributed by atoms with E-state index in [1.165, 1.54) is 0 Å². The van der Waals surface area contributed by atoms with E-state index in [4.69, 9.17) is 0 Å². The third-order valence-electron chi connectivity index (χ3n) is 2.60. The van der Waals surface area contributed by atoms with Gasteiger partial charge >= 0.3 is 0 Å². The maximum atomic E-state index is 12.2. The molecule has 0 spiro atoms. The lowest BCUT2D eigenvalue weighted by Gasteiger charge is -2.04. The van der Waals surface area contributed by atoms with Crippen LogP contribution in [0.5, 0.6) is 0 Å². The normalized spacial score (nSPS) is 10.3. The number of carbonyl (C=O) groups excluding carboxylic acids is 1. The van der Waals surface area contributed by atoms with Crippen LogP contribution in [-0.4, -0.2) is 15.8 Å². The van der Waals surface area contributed by atoms with Gasteiger partial charge in [-0.05, 0) is 44.0 Å². The number of carbonyl (C=O) groups is 1. The first-order chi connectivity index (χ1) is 8.08. The third kappa shape index (κ3) is 2.38. The van der Waals surface area contributed by atoms with Gasteiger partial charge < -0.3 is 0 Å². The Hall–Kier alpha value is -2.03. The van der Waals surface area contributed by atoms with E-state index in [-0.39, 0.29) is 5.78 Å². The van der Waals surface area contributed by atoms with E-state index in [0.717, 1.165) is 16.8 Å². The minimum Gasteiger partial charge on any atom is -0.287 e. The molecule has 2 heterocycles. The molecular weight excluding hydrogens is 212 g/mol. The molecule has 0 saturated heterocycles. The Morgan fingerprint density at radius 3 is 2.41 bits per heavy atom. The summed E-state index contributed by atoms with van der Waals surface area (Å²) in [5, 5.41) is 0. The highest BCUT2D eigenvalue weighted by Crippen LogP contribution is 2.12.